The van der Waals surface area contributed by atoms with Crippen LogP contribution < -0.4 is 5.32 Å². The monoisotopic (exact) mass is 317 g/mol. The first-order chi connectivity index (χ1) is 11.1. The lowest BCUT2D eigenvalue weighted by atomic mass is 9.99. The Morgan fingerprint density at radius 3 is 2.91 bits per heavy atom. The van der Waals surface area contributed by atoms with Gasteiger partial charge in [-0.25, -0.2) is 0 Å². The van der Waals surface area contributed by atoms with Crippen molar-refractivity contribution in [1.29, 1.82) is 0 Å². The van der Waals surface area contributed by atoms with Crippen LogP contribution in [-0.2, 0) is 18.2 Å². The smallest absolute Gasteiger partial charge is 0.103 e. The fraction of sp³-hybridized carbons (Fsp3) is 0.611. The van der Waals surface area contributed by atoms with Crippen molar-refractivity contribution >= 4 is 0 Å². The third-order valence-electron chi connectivity index (χ3n) is 4.84. The van der Waals surface area contributed by atoms with Crippen molar-refractivity contribution in [2.45, 2.75) is 58.2 Å². The average molecular weight is 317 g/mol. The molecule has 126 valence electrons. The Kier molecular flexibility index (Phi) is 4.87. The van der Waals surface area contributed by atoms with E-state index in [1.807, 2.05) is 23.9 Å². The van der Waals surface area contributed by atoms with Crippen LogP contribution in [0.15, 0.2) is 22.8 Å². The van der Waals surface area contributed by atoms with E-state index < -0.39 is 0 Å². The number of nitrogens with one attached hydrogen (secondary N) is 1. The molecule has 1 aliphatic heterocycles. The first-order valence-corrected chi connectivity index (χ1v) is 8.46. The van der Waals surface area contributed by atoms with Crippen molar-refractivity contribution in [2.75, 3.05) is 6.61 Å². The van der Waals surface area contributed by atoms with Gasteiger partial charge in [0.1, 0.15) is 11.9 Å². The van der Waals surface area contributed by atoms with Crippen LogP contribution in [0.1, 0.15) is 48.6 Å². The predicted octanol–water partition coefficient (Wildman–Crippen LogP) is 3.07. The fourth-order valence-corrected chi connectivity index (χ4v) is 3.51. The number of furan rings is 1. The minimum Gasteiger partial charge on any atom is -0.469 e. The molecule has 1 fully saturated rings. The zero-order chi connectivity index (χ0) is 16.4. The molecule has 0 spiro atoms. The number of ether oxygens (including phenoxy) is 1. The summed E-state index contributed by atoms with van der Waals surface area (Å²) in [7, 11) is 2.00. The van der Waals surface area contributed by atoms with Crippen LogP contribution >= 0.6 is 0 Å². The van der Waals surface area contributed by atoms with Crippen molar-refractivity contribution in [3.63, 3.8) is 0 Å². The first kappa shape index (κ1) is 16.3. The number of hydrogen-bond acceptors (Lipinski definition) is 4. The second-order valence-corrected chi connectivity index (χ2v) is 6.58. The van der Waals surface area contributed by atoms with Gasteiger partial charge in [-0.2, -0.15) is 5.10 Å². The molecule has 0 radical (unpaired) electrons. The number of hydrogen-bond donors (Lipinski definition) is 1. The van der Waals surface area contributed by atoms with Crippen LogP contribution in [0.25, 0.3) is 0 Å². The molecule has 0 amide bonds. The van der Waals surface area contributed by atoms with Crippen molar-refractivity contribution in [3.8, 4) is 0 Å². The summed E-state index contributed by atoms with van der Waals surface area (Å²) in [5.41, 5.74) is 3.53. The molecular weight excluding hydrogens is 290 g/mol. The van der Waals surface area contributed by atoms with E-state index in [2.05, 4.69) is 31.2 Å². The molecule has 5 heteroatoms. The van der Waals surface area contributed by atoms with E-state index in [1.165, 1.54) is 11.3 Å². The molecule has 5 nitrogen and oxygen atoms in total. The highest BCUT2D eigenvalue weighted by Gasteiger charge is 2.34. The maximum absolute atomic E-state index is 6.04. The zero-order valence-corrected chi connectivity index (χ0v) is 14.5. The van der Waals surface area contributed by atoms with Crippen LogP contribution in [0.4, 0.5) is 0 Å². The number of aryl methyl sites for hydroxylation is 3. The Morgan fingerprint density at radius 1 is 1.43 bits per heavy atom. The van der Waals surface area contributed by atoms with Gasteiger partial charge in [-0.3, -0.25) is 4.68 Å². The van der Waals surface area contributed by atoms with Crippen molar-refractivity contribution < 1.29 is 9.15 Å². The SMILES string of the molecule is Cc1nn(C)c(C)c1[C@H]1OCC[C@@H]1N[C@@H](C)CCc1ccco1. The van der Waals surface area contributed by atoms with Gasteiger partial charge in [-0.1, -0.05) is 0 Å². The minimum absolute atomic E-state index is 0.106. The molecule has 3 atom stereocenters. The topological polar surface area (TPSA) is 52.2 Å². The largest absolute Gasteiger partial charge is 0.469 e. The molecule has 23 heavy (non-hydrogen) atoms. The Morgan fingerprint density at radius 2 is 2.26 bits per heavy atom. The zero-order valence-electron chi connectivity index (χ0n) is 14.5. The molecule has 0 aliphatic carbocycles. The van der Waals surface area contributed by atoms with Gasteiger partial charge in [0.2, 0.25) is 0 Å². The summed E-state index contributed by atoms with van der Waals surface area (Å²) in [6.45, 7) is 7.23. The minimum atomic E-state index is 0.106. The molecule has 3 heterocycles. The standard InChI is InChI=1S/C18H27N3O2/c1-12(7-8-15-6-5-10-22-15)19-16-9-11-23-18(16)17-13(2)20-21(4)14(17)3/h5-6,10,12,16,18-19H,7-9,11H2,1-4H3/t12-,16-,18-/m0/s1. The second-order valence-electron chi connectivity index (χ2n) is 6.58. The summed E-state index contributed by atoms with van der Waals surface area (Å²) < 4.78 is 13.4. The van der Waals surface area contributed by atoms with Crippen molar-refractivity contribution in [3.05, 3.63) is 41.1 Å². The summed E-state index contributed by atoms with van der Waals surface area (Å²) >= 11 is 0. The predicted molar refractivity (Wildman–Crippen MR) is 89.4 cm³/mol. The summed E-state index contributed by atoms with van der Waals surface area (Å²) in [5.74, 6) is 1.05. The molecule has 3 rings (SSSR count). The van der Waals surface area contributed by atoms with Crippen LogP contribution in [-0.4, -0.2) is 28.5 Å². The van der Waals surface area contributed by atoms with Gasteiger partial charge in [0.15, 0.2) is 0 Å². The maximum atomic E-state index is 6.04. The molecule has 0 bridgehead atoms. The van der Waals surface area contributed by atoms with E-state index in [4.69, 9.17) is 9.15 Å². The quantitative estimate of drug-likeness (QED) is 0.889. The lowest BCUT2D eigenvalue weighted by Gasteiger charge is -2.24. The fourth-order valence-electron chi connectivity index (χ4n) is 3.51. The molecular formula is C18H27N3O2. The van der Waals surface area contributed by atoms with E-state index >= 15 is 0 Å². The van der Waals surface area contributed by atoms with Crippen LogP contribution in [0.5, 0.6) is 0 Å². The summed E-state index contributed by atoms with van der Waals surface area (Å²) in [6.07, 6.45) is 4.91. The Bertz CT molecular complexity index is 633. The highest BCUT2D eigenvalue weighted by atomic mass is 16.5. The van der Waals surface area contributed by atoms with Gasteiger partial charge in [-0.05, 0) is 45.7 Å². The second kappa shape index (κ2) is 6.89. The van der Waals surface area contributed by atoms with E-state index in [0.717, 1.165) is 37.3 Å². The molecule has 1 N–H and O–H groups in total. The van der Waals surface area contributed by atoms with Crippen LogP contribution in [0.2, 0.25) is 0 Å². The van der Waals surface area contributed by atoms with Gasteiger partial charge in [0.25, 0.3) is 0 Å². The maximum Gasteiger partial charge on any atom is 0.103 e. The van der Waals surface area contributed by atoms with Gasteiger partial charge >= 0.3 is 0 Å². The highest BCUT2D eigenvalue weighted by molar-refractivity contribution is 5.29. The third kappa shape index (κ3) is 3.51. The van der Waals surface area contributed by atoms with Gasteiger partial charge < -0.3 is 14.5 Å². The van der Waals surface area contributed by atoms with E-state index in [-0.39, 0.29) is 6.10 Å². The van der Waals surface area contributed by atoms with Gasteiger partial charge in [-0.15, -0.1) is 0 Å². The Labute approximate surface area is 138 Å². The summed E-state index contributed by atoms with van der Waals surface area (Å²) in [5, 5.41) is 8.29. The van der Waals surface area contributed by atoms with Crippen LogP contribution in [0.3, 0.4) is 0 Å². The number of nitrogens with zero attached hydrogens (tertiary/aromatic N) is 2. The van der Waals surface area contributed by atoms with E-state index in [1.54, 1.807) is 6.26 Å². The molecule has 1 saturated heterocycles. The molecule has 1 aliphatic rings. The average Bonchev–Trinajstić information content (AvgIpc) is 3.21. The highest BCUT2D eigenvalue weighted by Crippen LogP contribution is 2.33. The summed E-state index contributed by atoms with van der Waals surface area (Å²) in [6, 6.07) is 4.76. The van der Waals surface area contributed by atoms with Gasteiger partial charge in [0.05, 0.1) is 12.0 Å². The molecule has 0 saturated carbocycles. The van der Waals surface area contributed by atoms with Crippen molar-refractivity contribution in [1.82, 2.24) is 15.1 Å². The van der Waals surface area contributed by atoms with E-state index in [9.17, 15) is 0 Å². The Balaban J connectivity index is 1.62. The Hall–Kier alpha value is -1.59. The molecule has 0 aromatic carbocycles. The van der Waals surface area contributed by atoms with Gasteiger partial charge in [0, 0.05) is 43.4 Å². The third-order valence-corrected chi connectivity index (χ3v) is 4.84. The first-order valence-electron chi connectivity index (χ1n) is 8.46. The molecule has 2 aromatic rings. The number of rotatable bonds is 6. The normalized spacial score (nSPS) is 22.6. The lowest BCUT2D eigenvalue weighted by Crippen LogP contribution is -2.38. The lowest BCUT2D eigenvalue weighted by molar-refractivity contribution is 0.0954. The molecule has 0 unspecified atom stereocenters. The van der Waals surface area contributed by atoms with Crippen molar-refractivity contribution in [2.24, 2.45) is 7.05 Å². The molecule has 2 aromatic heterocycles. The van der Waals surface area contributed by atoms with E-state index in [0.29, 0.717) is 12.1 Å². The number of aromatic nitrogens is 2. The van der Waals surface area contributed by atoms with Crippen LogP contribution in [0, 0.1) is 13.8 Å². The summed E-state index contributed by atoms with van der Waals surface area (Å²) in [4.78, 5) is 0.